The first kappa shape index (κ1) is 22.4. The van der Waals surface area contributed by atoms with E-state index < -0.39 is 5.97 Å². The third kappa shape index (κ3) is 6.32. The maximum absolute atomic E-state index is 12.4. The summed E-state index contributed by atoms with van der Waals surface area (Å²) in [6.07, 6.45) is 0. The molecule has 2 aromatic carbocycles. The van der Waals surface area contributed by atoms with E-state index in [2.05, 4.69) is 5.32 Å². The molecule has 0 aliphatic carbocycles. The van der Waals surface area contributed by atoms with Crippen LogP contribution < -0.4 is 19.5 Å². The first-order valence-corrected chi connectivity index (χ1v) is 9.91. The van der Waals surface area contributed by atoms with Crippen LogP contribution >= 0.6 is 11.8 Å². The third-order valence-corrected chi connectivity index (χ3v) is 4.99. The second-order valence-electron chi connectivity index (χ2n) is 5.97. The minimum atomic E-state index is -0.688. The van der Waals surface area contributed by atoms with Crippen LogP contribution in [0.2, 0.25) is 0 Å². The number of methoxy groups -OCH3 is 3. The first-order valence-electron chi connectivity index (χ1n) is 8.92. The van der Waals surface area contributed by atoms with Gasteiger partial charge in [-0.05, 0) is 31.2 Å². The predicted octanol–water partition coefficient (Wildman–Crippen LogP) is 3.09. The molecule has 0 aromatic heterocycles. The molecule has 0 aliphatic heterocycles. The number of esters is 1. The van der Waals surface area contributed by atoms with Crippen LogP contribution in [0.5, 0.6) is 17.2 Å². The van der Waals surface area contributed by atoms with Crippen LogP contribution in [0.25, 0.3) is 0 Å². The standard InChI is InChI=1S/C21H25NO6S/c1-14-5-7-15(8-6-14)29-12-11-22-18(23)13-28-21(24)16-9-10-17(25-2)20(27-4)19(16)26-3/h5-10H,11-13H2,1-4H3,(H,22,23). The van der Waals surface area contributed by atoms with Gasteiger partial charge in [0.2, 0.25) is 5.75 Å². The fraction of sp³-hybridized carbons (Fsp3) is 0.333. The Bertz CT molecular complexity index is 838. The van der Waals surface area contributed by atoms with Gasteiger partial charge in [0.1, 0.15) is 5.56 Å². The lowest BCUT2D eigenvalue weighted by atomic mass is 10.1. The van der Waals surface area contributed by atoms with Crippen LogP contribution in [-0.2, 0) is 9.53 Å². The highest BCUT2D eigenvalue weighted by atomic mass is 32.2. The van der Waals surface area contributed by atoms with Crippen molar-refractivity contribution < 1.29 is 28.5 Å². The molecule has 0 saturated heterocycles. The molecule has 0 saturated carbocycles. The summed E-state index contributed by atoms with van der Waals surface area (Å²) in [6.45, 7) is 2.12. The van der Waals surface area contributed by atoms with Crippen molar-refractivity contribution in [3.8, 4) is 17.2 Å². The summed E-state index contributed by atoms with van der Waals surface area (Å²) in [6, 6.07) is 11.2. The van der Waals surface area contributed by atoms with Gasteiger partial charge in [0.05, 0.1) is 21.3 Å². The molecule has 0 fully saturated rings. The van der Waals surface area contributed by atoms with Crippen molar-refractivity contribution in [3.63, 3.8) is 0 Å². The van der Waals surface area contributed by atoms with Crippen molar-refractivity contribution in [2.75, 3.05) is 40.2 Å². The van der Waals surface area contributed by atoms with E-state index in [1.54, 1.807) is 17.8 Å². The third-order valence-electron chi connectivity index (χ3n) is 3.97. The van der Waals surface area contributed by atoms with Gasteiger partial charge in [-0.25, -0.2) is 4.79 Å². The highest BCUT2D eigenvalue weighted by Crippen LogP contribution is 2.39. The summed E-state index contributed by atoms with van der Waals surface area (Å²) in [7, 11) is 4.33. The molecule has 0 heterocycles. The normalized spacial score (nSPS) is 10.2. The zero-order valence-electron chi connectivity index (χ0n) is 16.9. The molecule has 0 atom stereocenters. The molecule has 29 heavy (non-hydrogen) atoms. The molecular formula is C21H25NO6S. The van der Waals surface area contributed by atoms with E-state index in [9.17, 15) is 9.59 Å². The Balaban J connectivity index is 1.82. The molecule has 2 aromatic rings. The number of benzene rings is 2. The van der Waals surface area contributed by atoms with Gasteiger partial charge in [-0.15, -0.1) is 11.8 Å². The summed E-state index contributed by atoms with van der Waals surface area (Å²) in [5.41, 5.74) is 1.35. The SMILES string of the molecule is COc1ccc(C(=O)OCC(=O)NCCSc2ccc(C)cc2)c(OC)c1OC. The topological polar surface area (TPSA) is 83.1 Å². The van der Waals surface area contributed by atoms with Gasteiger partial charge in [-0.1, -0.05) is 17.7 Å². The number of hydrogen-bond donors (Lipinski definition) is 1. The van der Waals surface area contributed by atoms with Crippen LogP contribution in [0.15, 0.2) is 41.3 Å². The molecule has 0 spiro atoms. The number of nitrogens with one attached hydrogen (secondary N) is 1. The van der Waals surface area contributed by atoms with Crippen LogP contribution in [0.4, 0.5) is 0 Å². The molecule has 8 heteroatoms. The van der Waals surface area contributed by atoms with Crippen LogP contribution in [-0.4, -0.2) is 52.1 Å². The number of aryl methyl sites for hydroxylation is 1. The van der Waals surface area contributed by atoms with Gasteiger partial charge in [-0.2, -0.15) is 0 Å². The lowest BCUT2D eigenvalue weighted by Crippen LogP contribution is -2.30. The summed E-state index contributed by atoms with van der Waals surface area (Å²) in [4.78, 5) is 25.4. The van der Waals surface area contributed by atoms with Crippen molar-refractivity contribution in [2.24, 2.45) is 0 Å². The van der Waals surface area contributed by atoms with E-state index in [1.165, 1.54) is 33.0 Å². The first-order chi connectivity index (χ1) is 14.0. The summed E-state index contributed by atoms with van der Waals surface area (Å²) < 4.78 is 20.8. The highest BCUT2D eigenvalue weighted by molar-refractivity contribution is 7.99. The van der Waals surface area contributed by atoms with Crippen LogP contribution in [0, 0.1) is 6.92 Å². The lowest BCUT2D eigenvalue weighted by Gasteiger charge is -2.15. The molecule has 0 unspecified atom stereocenters. The largest absolute Gasteiger partial charge is 0.493 e. The summed E-state index contributed by atoms with van der Waals surface area (Å²) in [5, 5.41) is 2.73. The monoisotopic (exact) mass is 419 g/mol. The number of carbonyl (C=O) groups is 2. The molecule has 156 valence electrons. The van der Waals surface area contributed by atoms with Gasteiger partial charge in [0.25, 0.3) is 5.91 Å². The molecule has 0 radical (unpaired) electrons. The average molecular weight is 419 g/mol. The van der Waals surface area contributed by atoms with Gasteiger partial charge in [0.15, 0.2) is 18.1 Å². The number of rotatable bonds is 10. The fourth-order valence-corrected chi connectivity index (χ4v) is 3.28. The quantitative estimate of drug-likeness (QED) is 0.360. The zero-order chi connectivity index (χ0) is 21.2. The second kappa shape index (κ2) is 11.2. The summed E-state index contributed by atoms with van der Waals surface area (Å²) in [5.74, 6) is 0.541. The second-order valence-corrected chi connectivity index (χ2v) is 7.14. The maximum atomic E-state index is 12.4. The van der Waals surface area contributed by atoms with E-state index >= 15 is 0 Å². The minimum Gasteiger partial charge on any atom is -0.493 e. The van der Waals surface area contributed by atoms with Crippen molar-refractivity contribution >= 4 is 23.6 Å². The summed E-state index contributed by atoms with van der Waals surface area (Å²) >= 11 is 1.64. The molecule has 7 nitrogen and oxygen atoms in total. The highest BCUT2D eigenvalue weighted by Gasteiger charge is 2.22. The Morgan fingerprint density at radius 3 is 2.24 bits per heavy atom. The maximum Gasteiger partial charge on any atom is 0.342 e. The Kier molecular flexibility index (Phi) is 8.67. The molecule has 0 bridgehead atoms. The Hall–Kier alpha value is -2.87. The Morgan fingerprint density at radius 2 is 1.62 bits per heavy atom. The van der Waals surface area contributed by atoms with Crippen LogP contribution in [0.3, 0.4) is 0 Å². The smallest absolute Gasteiger partial charge is 0.342 e. The molecule has 1 amide bonds. The molecular weight excluding hydrogens is 394 g/mol. The number of thioether (sulfide) groups is 1. The van der Waals surface area contributed by atoms with E-state index in [1.807, 2.05) is 31.2 Å². The average Bonchev–Trinajstić information content (AvgIpc) is 2.74. The molecule has 2 rings (SSSR count). The number of carbonyl (C=O) groups excluding carboxylic acids is 2. The number of amides is 1. The fourth-order valence-electron chi connectivity index (χ4n) is 2.52. The van der Waals surface area contributed by atoms with E-state index in [4.69, 9.17) is 18.9 Å². The van der Waals surface area contributed by atoms with Gasteiger partial charge < -0.3 is 24.3 Å². The minimum absolute atomic E-state index is 0.146. The van der Waals surface area contributed by atoms with Gasteiger partial charge >= 0.3 is 5.97 Å². The van der Waals surface area contributed by atoms with Crippen molar-refractivity contribution in [3.05, 3.63) is 47.5 Å². The molecule has 0 aliphatic rings. The van der Waals surface area contributed by atoms with Gasteiger partial charge in [0, 0.05) is 17.2 Å². The predicted molar refractivity (Wildman–Crippen MR) is 111 cm³/mol. The Labute approximate surface area is 174 Å². The van der Waals surface area contributed by atoms with E-state index in [0.717, 1.165) is 4.90 Å². The molecule has 1 N–H and O–H groups in total. The van der Waals surface area contributed by atoms with E-state index in [0.29, 0.717) is 18.0 Å². The zero-order valence-corrected chi connectivity index (χ0v) is 17.8. The van der Waals surface area contributed by atoms with Crippen molar-refractivity contribution in [1.29, 1.82) is 0 Å². The number of ether oxygens (including phenoxy) is 4. The lowest BCUT2D eigenvalue weighted by molar-refractivity contribution is -0.124. The van der Waals surface area contributed by atoms with Crippen molar-refractivity contribution in [2.45, 2.75) is 11.8 Å². The Morgan fingerprint density at radius 1 is 0.931 bits per heavy atom. The van der Waals surface area contributed by atoms with Crippen molar-refractivity contribution in [1.82, 2.24) is 5.32 Å². The van der Waals surface area contributed by atoms with Gasteiger partial charge in [-0.3, -0.25) is 4.79 Å². The van der Waals surface area contributed by atoms with Crippen LogP contribution in [0.1, 0.15) is 15.9 Å². The number of hydrogen-bond acceptors (Lipinski definition) is 7. The van der Waals surface area contributed by atoms with E-state index in [-0.39, 0.29) is 29.6 Å².